The third-order valence-electron chi connectivity index (χ3n) is 2.68. The van der Waals surface area contributed by atoms with Crippen LogP contribution in [0.4, 0.5) is 5.69 Å². The van der Waals surface area contributed by atoms with Gasteiger partial charge in [0.2, 0.25) is 0 Å². The molecule has 0 radical (unpaired) electrons. The standard InChI is InChI=1S/C13H9Cl2NO5S/c1-8-2-5-13(11(15)6-8)22(19,20)21-12-4-3-9(16(17)18)7-10(12)14/h2-7H,1H3. The maximum absolute atomic E-state index is 12.2. The second kappa shape index (κ2) is 6.12. The highest BCUT2D eigenvalue weighted by Gasteiger charge is 2.22. The van der Waals surface area contributed by atoms with E-state index in [1.54, 1.807) is 13.0 Å². The molecule has 0 saturated carbocycles. The maximum atomic E-state index is 12.2. The van der Waals surface area contributed by atoms with E-state index in [2.05, 4.69) is 0 Å². The molecule has 22 heavy (non-hydrogen) atoms. The average Bonchev–Trinajstić information content (AvgIpc) is 2.40. The average molecular weight is 362 g/mol. The van der Waals surface area contributed by atoms with Crippen molar-refractivity contribution in [1.82, 2.24) is 0 Å². The van der Waals surface area contributed by atoms with Crippen molar-refractivity contribution in [2.75, 3.05) is 0 Å². The van der Waals surface area contributed by atoms with Gasteiger partial charge in [-0.15, -0.1) is 0 Å². The smallest absolute Gasteiger partial charge is 0.340 e. The van der Waals surface area contributed by atoms with E-state index in [-0.39, 0.29) is 26.4 Å². The molecule has 0 bridgehead atoms. The molecule has 9 heteroatoms. The van der Waals surface area contributed by atoms with Gasteiger partial charge in [-0.2, -0.15) is 8.42 Å². The quantitative estimate of drug-likeness (QED) is 0.467. The van der Waals surface area contributed by atoms with Crippen molar-refractivity contribution in [3.05, 3.63) is 62.1 Å². The van der Waals surface area contributed by atoms with Crippen molar-refractivity contribution < 1.29 is 17.5 Å². The fourth-order valence-electron chi connectivity index (χ4n) is 1.64. The van der Waals surface area contributed by atoms with E-state index >= 15 is 0 Å². The second-order valence-corrected chi connectivity index (χ2v) is 6.67. The van der Waals surface area contributed by atoms with E-state index in [0.29, 0.717) is 0 Å². The lowest BCUT2D eigenvalue weighted by molar-refractivity contribution is -0.384. The van der Waals surface area contributed by atoms with Crippen LogP contribution in [0.3, 0.4) is 0 Å². The van der Waals surface area contributed by atoms with Gasteiger partial charge in [-0.25, -0.2) is 0 Å². The van der Waals surface area contributed by atoms with Gasteiger partial charge in [0.25, 0.3) is 5.69 Å². The van der Waals surface area contributed by atoms with Crippen molar-refractivity contribution >= 4 is 39.0 Å². The van der Waals surface area contributed by atoms with Gasteiger partial charge in [-0.3, -0.25) is 10.1 Å². The van der Waals surface area contributed by atoms with E-state index < -0.39 is 15.0 Å². The molecule has 6 nitrogen and oxygen atoms in total. The van der Waals surface area contributed by atoms with Crippen LogP contribution in [0.2, 0.25) is 10.0 Å². The molecule has 0 unspecified atom stereocenters. The Hall–Kier alpha value is -1.83. The number of nitro groups is 1. The molecule has 0 aromatic heterocycles. The number of halogens is 2. The Bertz CT molecular complexity index is 852. The summed E-state index contributed by atoms with van der Waals surface area (Å²) in [6.45, 7) is 1.76. The molecular weight excluding hydrogens is 353 g/mol. The highest BCUT2D eigenvalue weighted by atomic mass is 35.5. The highest BCUT2D eigenvalue weighted by molar-refractivity contribution is 7.87. The summed E-state index contributed by atoms with van der Waals surface area (Å²) in [5.74, 6) is -0.219. The molecule has 0 aliphatic rings. The molecule has 0 amide bonds. The van der Waals surface area contributed by atoms with Crippen LogP contribution in [-0.4, -0.2) is 13.3 Å². The fraction of sp³-hybridized carbons (Fsp3) is 0.0769. The van der Waals surface area contributed by atoms with Crippen molar-refractivity contribution in [3.8, 4) is 5.75 Å². The van der Waals surface area contributed by atoms with Gasteiger partial charge in [0.15, 0.2) is 5.75 Å². The monoisotopic (exact) mass is 361 g/mol. The Labute approximate surface area is 136 Å². The molecule has 0 fully saturated rings. The molecule has 0 aliphatic heterocycles. The van der Waals surface area contributed by atoms with E-state index in [1.807, 2.05) is 0 Å². The largest absolute Gasteiger partial charge is 0.377 e. The minimum Gasteiger partial charge on any atom is -0.377 e. The van der Waals surface area contributed by atoms with Crippen LogP contribution < -0.4 is 4.18 Å². The summed E-state index contributed by atoms with van der Waals surface area (Å²) in [6, 6.07) is 7.57. The van der Waals surface area contributed by atoms with Gasteiger partial charge in [0, 0.05) is 12.1 Å². The molecule has 0 saturated heterocycles. The topological polar surface area (TPSA) is 86.5 Å². The Kier molecular flexibility index (Phi) is 4.60. The summed E-state index contributed by atoms with van der Waals surface area (Å²) in [7, 11) is -4.20. The zero-order valence-corrected chi connectivity index (χ0v) is 13.4. The molecule has 2 aromatic rings. The van der Waals surface area contributed by atoms with Gasteiger partial charge in [0.05, 0.1) is 15.0 Å². The molecule has 0 N–H and O–H groups in total. The fourth-order valence-corrected chi connectivity index (χ4v) is 3.42. The number of benzene rings is 2. The van der Waals surface area contributed by atoms with Crippen LogP contribution in [0.25, 0.3) is 0 Å². The van der Waals surface area contributed by atoms with Crippen LogP contribution in [0.5, 0.6) is 5.75 Å². The summed E-state index contributed by atoms with van der Waals surface area (Å²) >= 11 is 11.7. The lowest BCUT2D eigenvalue weighted by Gasteiger charge is -2.10. The zero-order valence-electron chi connectivity index (χ0n) is 11.1. The number of aryl methyl sites for hydroxylation is 1. The Morgan fingerprint density at radius 2 is 1.77 bits per heavy atom. The third-order valence-corrected chi connectivity index (χ3v) is 4.70. The molecular formula is C13H9Cl2NO5S. The number of nitrogens with zero attached hydrogens (tertiary/aromatic N) is 1. The number of non-ortho nitro benzene ring substituents is 1. The number of rotatable bonds is 4. The molecule has 0 atom stereocenters. The van der Waals surface area contributed by atoms with Gasteiger partial charge in [0.1, 0.15) is 4.90 Å². The van der Waals surface area contributed by atoms with E-state index in [4.69, 9.17) is 27.4 Å². The summed E-state index contributed by atoms with van der Waals surface area (Å²) in [5.41, 5.74) is 0.514. The van der Waals surface area contributed by atoms with Gasteiger partial charge >= 0.3 is 10.1 Å². The van der Waals surface area contributed by atoms with Crippen molar-refractivity contribution in [3.63, 3.8) is 0 Å². The van der Waals surface area contributed by atoms with E-state index in [9.17, 15) is 18.5 Å². The van der Waals surface area contributed by atoms with Crippen LogP contribution in [0.15, 0.2) is 41.3 Å². The normalized spacial score (nSPS) is 11.2. The number of nitro benzene ring substituents is 1. The lowest BCUT2D eigenvalue weighted by Crippen LogP contribution is -2.10. The zero-order chi connectivity index (χ0) is 16.5. The predicted molar refractivity (Wildman–Crippen MR) is 82.1 cm³/mol. The molecule has 0 spiro atoms. The van der Waals surface area contributed by atoms with E-state index in [1.165, 1.54) is 12.1 Å². The first-order valence-corrected chi connectivity index (χ1v) is 8.02. The van der Waals surface area contributed by atoms with Crippen molar-refractivity contribution in [1.29, 1.82) is 0 Å². The molecule has 116 valence electrons. The van der Waals surface area contributed by atoms with Crippen LogP contribution in [-0.2, 0) is 10.1 Å². The van der Waals surface area contributed by atoms with Gasteiger partial charge in [-0.05, 0) is 30.7 Å². The maximum Gasteiger partial charge on any atom is 0.340 e. The molecule has 2 rings (SSSR count). The van der Waals surface area contributed by atoms with Crippen molar-refractivity contribution in [2.45, 2.75) is 11.8 Å². The first kappa shape index (κ1) is 16.5. The minimum atomic E-state index is -4.20. The SMILES string of the molecule is Cc1ccc(S(=O)(=O)Oc2ccc([N+](=O)[O-])cc2Cl)c(Cl)c1. The van der Waals surface area contributed by atoms with Crippen LogP contribution >= 0.6 is 23.2 Å². The number of hydrogen-bond acceptors (Lipinski definition) is 5. The summed E-state index contributed by atoms with van der Waals surface area (Å²) < 4.78 is 29.3. The summed E-state index contributed by atoms with van der Waals surface area (Å²) in [6.07, 6.45) is 0. The Morgan fingerprint density at radius 1 is 1.09 bits per heavy atom. The summed E-state index contributed by atoms with van der Waals surface area (Å²) in [5, 5.41) is 10.4. The van der Waals surface area contributed by atoms with Crippen molar-refractivity contribution in [2.24, 2.45) is 0 Å². The van der Waals surface area contributed by atoms with Gasteiger partial charge < -0.3 is 4.18 Å². The van der Waals surface area contributed by atoms with Crippen LogP contribution in [0, 0.1) is 17.0 Å². The third kappa shape index (κ3) is 3.49. The predicted octanol–water partition coefficient (Wildman–Crippen LogP) is 3.98. The molecule has 0 heterocycles. The first-order valence-electron chi connectivity index (χ1n) is 5.85. The summed E-state index contributed by atoms with van der Waals surface area (Å²) in [4.78, 5) is 9.75. The van der Waals surface area contributed by atoms with Crippen LogP contribution in [0.1, 0.15) is 5.56 Å². The Morgan fingerprint density at radius 3 is 2.32 bits per heavy atom. The van der Waals surface area contributed by atoms with E-state index in [0.717, 1.165) is 23.8 Å². The minimum absolute atomic E-state index is 0.0121. The lowest BCUT2D eigenvalue weighted by atomic mass is 10.2. The molecule has 0 aliphatic carbocycles. The second-order valence-electron chi connectivity index (χ2n) is 4.34. The first-order chi connectivity index (χ1) is 10.2. The highest BCUT2D eigenvalue weighted by Crippen LogP contribution is 2.32. The molecule has 2 aromatic carbocycles. The van der Waals surface area contributed by atoms with Gasteiger partial charge in [-0.1, -0.05) is 29.3 Å². The Balaban J connectivity index is 2.39. The number of hydrogen-bond donors (Lipinski definition) is 0.